The molecule has 0 aromatic heterocycles. The van der Waals surface area contributed by atoms with Crippen LogP contribution in [-0.2, 0) is 19.1 Å². The third-order valence-electron chi connectivity index (χ3n) is 3.45. The number of carboxylic acids is 2. The van der Waals surface area contributed by atoms with Gasteiger partial charge in [-0.05, 0) is 37.7 Å². The van der Waals surface area contributed by atoms with Gasteiger partial charge >= 0.3 is 17.9 Å². The second kappa shape index (κ2) is 12.4. The lowest BCUT2D eigenvalue weighted by Gasteiger charge is -2.18. The Hall–Kier alpha value is -1.93. The van der Waals surface area contributed by atoms with Crippen molar-refractivity contribution >= 4 is 33.8 Å². The molecule has 8 heteroatoms. The predicted molar refractivity (Wildman–Crippen MR) is 96.6 cm³/mol. The molecule has 0 fully saturated rings. The summed E-state index contributed by atoms with van der Waals surface area (Å²) in [5.41, 5.74) is 0.982. The molecule has 0 radical (unpaired) electrons. The summed E-state index contributed by atoms with van der Waals surface area (Å²) >= 11 is 3.38. The first-order valence-corrected chi connectivity index (χ1v) is 8.62. The summed E-state index contributed by atoms with van der Waals surface area (Å²) in [5, 5.41) is 14.8. The van der Waals surface area contributed by atoms with Crippen molar-refractivity contribution in [2.24, 2.45) is 0 Å². The molecule has 25 heavy (non-hydrogen) atoms. The molecule has 1 aromatic rings. The van der Waals surface area contributed by atoms with Crippen LogP contribution in [0, 0.1) is 0 Å². The number of likely N-dealkylation sites (N-methyl/N-ethyl adjacent to an activating group) is 1. The summed E-state index contributed by atoms with van der Waals surface area (Å²) < 4.78 is 6.34. The van der Waals surface area contributed by atoms with Crippen LogP contribution in [0.25, 0.3) is 0 Å². The molecule has 0 aliphatic carbocycles. The van der Waals surface area contributed by atoms with E-state index in [2.05, 4.69) is 34.7 Å². The number of esters is 1. The number of halogens is 1. The fourth-order valence-corrected chi connectivity index (χ4v) is 2.09. The first kappa shape index (κ1) is 23.1. The fourth-order valence-electron chi connectivity index (χ4n) is 1.83. The lowest BCUT2D eigenvalue weighted by Crippen LogP contribution is -2.28. The van der Waals surface area contributed by atoms with E-state index in [1.54, 1.807) is 0 Å². The lowest BCUT2D eigenvalue weighted by molar-refractivity contribution is -0.159. The SMILES string of the molecule is CCN(CC)CCOC(=O)C(C)c1ccc(Br)cc1.O=C(O)C(=O)O. The van der Waals surface area contributed by atoms with Crippen molar-refractivity contribution in [2.45, 2.75) is 26.7 Å². The number of rotatable bonds is 7. The highest BCUT2D eigenvalue weighted by atomic mass is 79.9. The zero-order valence-electron chi connectivity index (χ0n) is 14.6. The average Bonchev–Trinajstić information content (AvgIpc) is 2.59. The molecule has 0 heterocycles. The van der Waals surface area contributed by atoms with E-state index in [9.17, 15) is 4.79 Å². The van der Waals surface area contributed by atoms with Crippen LogP contribution in [0.15, 0.2) is 28.7 Å². The first-order chi connectivity index (χ1) is 11.7. The van der Waals surface area contributed by atoms with Gasteiger partial charge in [-0.3, -0.25) is 4.79 Å². The Labute approximate surface area is 155 Å². The molecule has 0 spiro atoms. The van der Waals surface area contributed by atoms with Crippen LogP contribution in [0.2, 0.25) is 0 Å². The van der Waals surface area contributed by atoms with Gasteiger partial charge in [-0.2, -0.15) is 0 Å². The van der Waals surface area contributed by atoms with Crippen LogP contribution in [0.5, 0.6) is 0 Å². The average molecular weight is 418 g/mol. The van der Waals surface area contributed by atoms with Crippen LogP contribution >= 0.6 is 15.9 Å². The fraction of sp³-hybridized carbons (Fsp3) is 0.471. The third-order valence-corrected chi connectivity index (χ3v) is 3.98. The second-order valence-electron chi connectivity index (χ2n) is 5.08. The maximum absolute atomic E-state index is 11.9. The van der Waals surface area contributed by atoms with Crippen LogP contribution < -0.4 is 0 Å². The molecular weight excluding hydrogens is 394 g/mol. The summed E-state index contributed by atoms with van der Waals surface area (Å²) in [6.45, 7) is 9.31. The summed E-state index contributed by atoms with van der Waals surface area (Å²) in [5.74, 6) is -4.02. The van der Waals surface area contributed by atoms with E-state index in [0.29, 0.717) is 6.61 Å². The van der Waals surface area contributed by atoms with E-state index in [1.807, 2.05) is 31.2 Å². The molecule has 140 valence electrons. The molecule has 7 nitrogen and oxygen atoms in total. The minimum Gasteiger partial charge on any atom is -0.473 e. The number of carbonyl (C=O) groups is 3. The largest absolute Gasteiger partial charge is 0.473 e. The van der Waals surface area contributed by atoms with Crippen molar-refractivity contribution in [1.29, 1.82) is 0 Å². The molecular formula is C17H24BrNO6. The van der Waals surface area contributed by atoms with E-state index >= 15 is 0 Å². The van der Waals surface area contributed by atoms with E-state index in [0.717, 1.165) is 29.7 Å². The third kappa shape index (κ3) is 9.83. The molecule has 1 atom stereocenters. The maximum Gasteiger partial charge on any atom is 0.414 e. The Morgan fingerprint density at radius 3 is 1.96 bits per heavy atom. The number of carboxylic acid groups (broad SMARTS) is 2. The zero-order chi connectivity index (χ0) is 19.4. The molecule has 0 saturated carbocycles. The molecule has 2 N–H and O–H groups in total. The number of nitrogens with zero attached hydrogens (tertiary/aromatic N) is 1. The standard InChI is InChI=1S/C15H22BrNO2.C2H2O4/c1-4-17(5-2)10-11-19-15(18)12(3)13-6-8-14(16)9-7-13;3-1(4)2(5)6/h6-9,12H,4-5,10-11H2,1-3H3;(H,3,4)(H,5,6). The molecule has 0 aliphatic heterocycles. The number of carbonyl (C=O) groups excluding carboxylic acids is 1. The number of hydrogen-bond donors (Lipinski definition) is 2. The van der Waals surface area contributed by atoms with Crippen molar-refractivity contribution in [3.63, 3.8) is 0 Å². The van der Waals surface area contributed by atoms with E-state index in [1.165, 1.54) is 0 Å². The highest BCUT2D eigenvalue weighted by molar-refractivity contribution is 9.10. The molecule has 1 aromatic carbocycles. The summed E-state index contributed by atoms with van der Waals surface area (Å²) in [6, 6.07) is 7.77. The Kier molecular flexibility index (Phi) is 11.5. The Balaban J connectivity index is 0.000000823. The van der Waals surface area contributed by atoms with E-state index in [-0.39, 0.29) is 11.9 Å². The predicted octanol–water partition coefficient (Wildman–Crippen LogP) is 2.59. The van der Waals surface area contributed by atoms with Crippen LogP contribution in [-0.4, -0.2) is 59.3 Å². The Bertz CT molecular complexity index is 545. The first-order valence-electron chi connectivity index (χ1n) is 7.83. The molecule has 1 unspecified atom stereocenters. The Morgan fingerprint density at radius 1 is 1.08 bits per heavy atom. The molecule has 0 aliphatic rings. The topological polar surface area (TPSA) is 104 Å². The van der Waals surface area contributed by atoms with Crippen LogP contribution in [0.1, 0.15) is 32.3 Å². The van der Waals surface area contributed by atoms with Gasteiger partial charge in [-0.15, -0.1) is 0 Å². The van der Waals surface area contributed by atoms with Gasteiger partial charge in [0.1, 0.15) is 6.61 Å². The minimum absolute atomic E-state index is 0.158. The van der Waals surface area contributed by atoms with Gasteiger partial charge in [0.25, 0.3) is 0 Å². The molecule has 0 amide bonds. The lowest BCUT2D eigenvalue weighted by atomic mass is 10.0. The zero-order valence-corrected chi connectivity index (χ0v) is 16.2. The smallest absolute Gasteiger partial charge is 0.414 e. The number of hydrogen-bond acceptors (Lipinski definition) is 5. The molecule has 0 bridgehead atoms. The Morgan fingerprint density at radius 2 is 1.56 bits per heavy atom. The number of aliphatic carboxylic acids is 2. The van der Waals surface area contributed by atoms with Crippen molar-refractivity contribution in [2.75, 3.05) is 26.2 Å². The van der Waals surface area contributed by atoms with Crippen molar-refractivity contribution in [3.8, 4) is 0 Å². The highest BCUT2D eigenvalue weighted by Crippen LogP contribution is 2.19. The van der Waals surface area contributed by atoms with Gasteiger partial charge in [0, 0.05) is 11.0 Å². The summed E-state index contributed by atoms with van der Waals surface area (Å²) in [6.07, 6.45) is 0. The van der Waals surface area contributed by atoms with E-state index < -0.39 is 11.9 Å². The van der Waals surface area contributed by atoms with Gasteiger partial charge in [0.2, 0.25) is 0 Å². The molecule has 1 rings (SSSR count). The van der Waals surface area contributed by atoms with Gasteiger partial charge < -0.3 is 19.8 Å². The quantitative estimate of drug-likeness (QED) is 0.518. The monoisotopic (exact) mass is 417 g/mol. The molecule has 0 saturated heterocycles. The van der Waals surface area contributed by atoms with Crippen LogP contribution in [0.4, 0.5) is 0 Å². The maximum atomic E-state index is 11.9. The number of ether oxygens (including phenoxy) is 1. The van der Waals surface area contributed by atoms with Gasteiger partial charge in [0.05, 0.1) is 5.92 Å². The van der Waals surface area contributed by atoms with Gasteiger partial charge in [0.15, 0.2) is 0 Å². The van der Waals surface area contributed by atoms with Crippen molar-refractivity contribution in [1.82, 2.24) is 4.90 Å². The van der Waals surface area contributed by atoms with Crippen molar-refractivity contribution in [3.05, 3.63) is 34.3 Å². The van der Waals surface area contributed by atoms with Gasteiger partial charge in [-0.1, -0.05) is 41.9 Å². The van der Waals surface area contributed by atoms with E-state index in [4.69, 9.17) is 24.5 Å². The summed E-state index contributed by atoms with van der Waals surface area (Å²) in [4.78, 5) is 32.4. The highest BCUT2D eigenvalue weighted by Gasteiger charge is 2.16. The van der Waals surface area contributed by atoms with Crippen LogP contribution in [0.3, 0.4) is 0 Å². The second-order valence-corrected chi connectivity index (χ2v) is 5.99. The normalized spacial score (nSPS) is 11.2. The minimum atomic E-state index is -1.82. The van der Waals surface area contributed by atoms with Gasteiger partial charge in [-0.25, -0.2) is 9.59 Å². The summed E-state index contributed by atoms with van der Waals surface area (Å²) in [7, 11) is 0. The number of benzene rings is 1. The van der Waals surface area contributed by atoms with Crippen molar-refractivity contribution < 1.29 is 29.3 Å².